The SMILES string of the molecule is O=[N+]([O-])c1ccccc1/C=C1\NOS(=O)N1. The van der Waals surface area contributed by atoms with Crippen molar-refractivity contribution in [2.45, 2.75) is 0 Å². The fourth-order valence-corrected chi connectivity index (χ4v) is 1.69. The first-order valence-electron chi connectivity index (χ1n) is 4.24. The highest BCUT2D eigenvalue weighted by molar-refractivity contribution is 7.78. The highest BCUT2D eigenvalue weighted by Crippen LogP contribution is 2.20. The summed E-state index contributed by atoms with van der Waals surface area (Å²) in [5, 5.41) is 10.7. The molecule has 1 aliphatic rings. The summed E-state index contributed by atoms with van der Waals surface area (Å²) >= 11 is -1.64. The lowest BCUT2D eigenvalue weighted by atomic mass is 10.2. The number of benzene rings is 1. The van der Waals surface area contributed by atoms with Crippen molar-refractivity contribution in [2.75, 3.05) is 0 Å². The number of nitro groups is 1. The molecule has 1 aromatic carbocycles. The Bertz CT molecular complexity index is 488. The van der Waals surface area contributed by atoms with Crippen LogP contribution in [0, 0.1) is 10.1 Å². The van der Waals surface area contributed by atoms with Crippen LogP contribution in [-0.2, 0) is 15.6 Å². The van der Waals surface area contributed by atoms with E-state index in [1.54, 1.807) is 18.2 Å². The van der Waals surface area contributed by atoms with Gasteiger partial charge in [-0.1, -0.05) is 12.1 Å². The zero-order chi connectivity index (χ0) is 11.5. The molecule has 8 heteroatoms. The molecule has 1 heterocycles. The molecule has 1 fully saturated rings. The van der Waals surface area contributed by atoms with Crippen molar-refractivity contribution in [3.05, 3.63) is 45.8 Å². The highest BCUT2D eigenvalue weighted by atomic mass is 32.2. The minimum Gasteiger partial charge on any atom is -0.265 e. The maximum atomic E-state index is 10.8. The largest absolute Gasteiger partial charge is 0.285 e. The minimum atomic E-state index is -1.64. The Labute approximate surface area is 93.0 Å². The van der Waals surface area contributed by atoms with Gasteiger partial charge in [0.2, 0.25) is 0 Å². The third-order valence-corrected chi connectivity index (χ3v) is 2.48. The molecule has 0 aromatic heterocycles. The number of hydrogen-bond donors (Lipinski definition) is 2. The third-order valence-electron chi connectivity index (χ3n) is 1.85. The van der Waals surface area contributed by atoms with Crippen LogP contribution < -0.4 is 10.2 Å². The second kappa shape index (κ2) is 4.29. The average Bonchev–Trinajstić information content (AvgIpc) is 2.64. The lowest BCUT2D eigenvalue weighted by Gasteiger charge is -1.98. The van der Waals surface area contributed by atoms with Gasteiger partial charge in [-0.3, -0.25) is 14.8 Å². The number of nitrogens with one attached hydrogen (secondary N) is 2. The fraction of sp³-hybridized carbons (Fsp3) is 0. The molecule has 16 heavy (non-hydrogen) atoms. The van der Waals surface area contributed by atoms with E-state index in [4.69, 9.17) is 0 Å². The third kappa shape index (κ3) is 2.18. The molecule has 0 bridgehead atoms. The van der Waals surface area contributed by atoms with Crippen molar-refractivity contribution in [2.24, 2.45) is 0 Å². The van der Waals surface area contributed by atoms with Gasteiger partial charge in [-0.05, 0) is 12.1 Å². The van der Waals surface area contributed by atoms with Gasteiger partial charge in [0.1, 0.15) is 5.82 Å². The van der Waals surface area contributed by atoms with E-state index in [0.717, 1.165) is 0 Å². The van der Waals surface area contributed by atoms with Gasteiger partial charge in [-0.25, -0.2) is 9.69 Å². The molecular weight excluding hydrogens is 234 g/mol. The van der Waals surface area contributed by atoms with E-state index in [1.165, 1.54) is 12.1 Å². The first kappa shape index (κ1) is 10.6. The summed E-state index contributed by atoms with van der Waals surface area (Å²) in [6, 6.07) is 6.21. The summed E-state index contributed by atoms with van der Waals surface area (Å²) in [6.07, 6.45) is 1.45. The molecule has 7 nitrogen and oxygen atoms in total. The van der Waals surface area contributed by atoms with E-state index >= 15 is 0 Å². The van der Waals surface area contributed by atoms with Crippen LogP contribution in [0.25, 0.3) is 6.08 Å². The van der Waals surface area contributed by atoms with Gasteiger partial charge in [-0.2, -0.15) is 4.28 Å². The molecule has 0 amide bonds. The second-order valence-corrected chi connectivity index (χ2v) is 3.74. The zero-order valence-corrected chi connectivity index (χ0v) is 8.69. The zero-order valence-electron chi connectivity index (χ0n) is 7.88. The first-order chi connectivity index (χ1) is 7.66. The highest BCUT2D eigenvalue weighted by Gasteiger charge is 2.16. The molecule has 1 aromatic rings. The van der Waals surface area contributed by atoms with Gasteiger partial charge >= 0.3 is 0 Å². The summed E-state index contributed by atoms with van der Waals surface area (Å²) in [5.74, 6) is 0.313. The van der Waals surface area contributed by atoms with E-state index < -0.39 is 16.2 Å². The Morgan fingerprint density at radius 3 is 2.81 bits per heavy atom. The van der Waals surface area contributed by atoms with E-state index in [-0.39, 0.29) is 5.69 Å². The maximum absolute atomic E-state index is 10.8. The summed E-state index contributed by atoms with van der Waals surface area (Å²) < 4.78 is 17.8. The van der Waals surface area contributed by atoms with E-state index in [9.17, 15) is 14.3 Å². The van der Waals surface area contributed by atoms with Gasteiger partial charge in [0.25, 0.3) is 17.0 Å². The van der Waals surface area contributed by atoms with E-state index in [2.05, 4.69) is 14.5 Å². The van der Waals surface area contributed by atoms with Gasteiger partial charge in [0, 0.05) is 6.07 Å². The van der Waals surface area contributed by atoms with Crippen molar-refractivity contribution in [1.29, 1.82) is 0 Å². The van der Waals surface area contributed by atoms with Crippen LogP contribution >= 0.6 is 0 Å². The normalized spacial score (nSPS) is 21.5. The number of para-hydroxylation sites is 1. The molecule has 1 aliphatic heterocycles. The predicted octanol–water partition coefficient (Wildman–Crippen LogP) is 0.596. The summed E-state index contributed by atoms with van der Waals surface area (Å²) in [7, 11) is 0. The number of hydrogen-bond acceptors (Lipinski definition) is 5. The molecule has 1 saturated heterocycles. The molecule has 2 N–H and O–H groups in total. The Morgan fingerprint density at radius 2 is 2.19 bits per heavy atom. The molecule has 84 valence electrons. The molecule has 0 aliphatic carbocycles. The van der Waals surface area contributed by atoms with Crippen LogP contribution in [0.2, 0.25) is 0 Å². The molecule has 0 radical (unpaired) electrons. The quantitative estimate of drug-likeness (QED) is 0.584. The van der Waals surface area contributed by atoms with Crippen LogP contribution in [0.5, 0.6) is 0 Å². The average molecular weight is 241 g/mol. The first-order valence-corrected chi connectivity index (χ1v) is 5.31. The predicted molar refractivity (Wildman–Crippen MR) is 56.6 cm³/mol. The lowest BCUT2D eigenvalue weighted by molar-refractivity contribution is -0.385. The van der Waals surface area contributed by atoms with Gasteiger partial charge < -0.3 is 0 Å². The van der Waals surface area contributed by atoms with E-state index in [1.807, 2.05) is 0 Å². The Kier molecular flexibility index (Phi) is 2.84. The topological polar surface area (TPSA) is 93.5 Å². The van der Waals surface area contributed by atoms with Crippen LogP contribution in [0.3, 0.4) is 0 Å². The maximum Gasteiger partial charge on any atom is 0.285 e. The van der Waals surface area contributed by atoms with Crippen LogP contribution in [0.4, 0.5) is 5.69 Å². The molecule has 1 unspecified atom stereocenters. The summed E-state index contributed by atoms with van der Waals surface area (Å²) in [5.41, 5.74) is 2.71. The Balaban J connectivity index is 2.34. The number of hydroxylamine groups is 1. The Morgan fingerprint density at radius 1 is 1.44 bits per heavy atom. The molecule has 0 spiro atoms. The Hall–Kier alpha value is -1.93. The van der Waals surface area contributed by atoms with Crippen molar-refractivity contribution < 1.29 is 13.4 Å². The number of nitrogens with zero attached hydrogens (tertiary/aromatic N) is 1. The van der Waals surface area contributed by atoms with Crippen molar-refractivity contribution in [3.63, 3.8) is 0 Å². The fourth-order valence-electron chi connectivity index (χ4n) is 1.20. The van der Waals surface area contributed by atoms with Crippen molar-refractivity contribution in [1.82, 2.24) is 10.2 Å². The van der Waals surface area contributed by atoms with Crippen LogP contribution in [-0.4, -0.2) is 9.13 Å². The van der Waals surface area contributed by atoms with E-state index in [0.29, 0.717) is 11.4 Å². The number of rotatable bonds is 2. The van der Waals surface area contributed by atoms with Gasteiger partial charge in [0.15, 0.2) is 0 Å². The van der Waals surface area contributed by atoms with Gasteiger partial charge in [-0.15, -0.1) is 0 Å². The van der Waals surface area contributed by atoms with Crippen LogP contribution in [0.1, 0.15) is 5.56 Å². The van der Waals surface area contributed by atoms with Crippen molar-refractivity contribution in [3.8, 4) is 0 Å². The molecule has 1 atom stereocenters. The second-order valence-electron chi connectivity index (χ2n) is 2.90. The molecule has 0 saturated carbocycles. The summed E-state index contributed by atoms with van der Waals surface area (Å²) in [6.45, 7) is 0. The standard InChI is InChI=1S/C8H7N3O4S/c12-11(13)7-4-2-1-3-6(7)5-8-9-15-16(14)10-8/h1-5,9-10H/b8-5+. The minimum absolute atomic E-state index is 0.0312. The monoisotopic (exact) mass is 241 g/mol. The van der Waals surface area contributed by atoms with Gasteiger partial charge in [0.05, 0.1) is 10.5 Å². The molecule has 2 rings (SSSR count). The van der Waals surface area contributed by atoms with Crippen molar-refractivity contribution >= 4 is 23.0 Å². The van der Waals surface area contributed by atoms with Crippen LogP contribution in [0.15, 0.2) is 30.1 Å². The smallest absolute Gasteiger partial charge is 0.265 e. The number of nitro benzene ring substituents is 1. The summed E-state index contributed by atoms with van der Waals surface area (Å²) in [4.78, 5) is 10.2. The molecular formula is C8H7N3O4S. The lowest BCUT2D eigenvalue weighted by Crippen LogP contribution is -2.09.